The number of carbonyl (C=O) groups excluding carboxylic acids is 2. The second kappa shape index (κ2) is 12.9. The Morgan fingerprint density at radius 1 is 0.973 bits per heavy atom. The van der Waals surface area contributed by atoms with Crippen LogP contribution >= 0.6 is 46.4 Å². The monoisotopic (exact) mass is 607 g/mol. The summed E-state index contributed by atoms with van der Waals surface area (Å²) in [5.41, 5.74) is 0.503. The van der Waals surface area contributed by atoms with Crippen molar-refractivity contribution in [3.8, 4) is 0 Å². The molecule has 2 aromatic carbocycles. The van der Waals surface area contributed by atoms with Crippen LogP contribution in [0.2, 0.25) is 20.1 Å². The lowest BCUT2D eigenvalue weighted by atomic mass is 9.95. The van der Waals surface area contributed by atoms with Crippen molar-refractivity contribution in [1.82, 2.24) is 10.2 Å². The predicted molar refractivity (Wildman–Crippen MR) is 150 cm³/mol. The van der Waals surface area contributed by atoms with Crippen LogP contribution in [0.3, 0.4) is 0 Å². The Labute approximate surface area is 238 Å². The number of sulfonamides is 1. The molecule has 7 nitrogen and oxygen atoms in total. The molecule has 0 radical (unpaired) electrons. The van der Waals surface area contributed by atoms with Crippen LogP contribution in [0.4, 0.5) is 5.69 Å². The quantitative estimate of drug-likeness (QED) is 0.382. The molecule has 2 aromatic rings. The molecule has 2 amide bonds. The van der Waals surface area contributed by atoms with Gasteiger partial charge in [0.05, 0.1) is 22.0 Å². The molecule has 0 aromatic heterocycles. The van der Waals surface area contributed by atoms with Gasteiger partial charge >= 0.3 is 0 Å². The normalized spacial score (nSPS) is 15.2. The Hall–Kier alpha value is -1.71. The molecule has 1 saturated carbocycles. The van der Waals surface area contributed by atoms with Crippen molar-refractivity contribution in [3.63, 3.8) is 0 Å². The number of anilines is 1. The third-order valence-electron chi connectivity index (χ3n) is 6.39. The van der Waals surface area contributed by atoms with Gasteiger partial charge in [0.1, 0.15) is 12.6 Å². The zero-order chi connectivity index (χ0) is 27.3. The zero-order valence-corrected chi connectivity index (χ0v) is 24.4. The summed E-state index contributed by atoms with van der Waals surface area (Å²) >= 11 is 25.1. The van der Waals surface area contributed by atoms with E-state index in [0.29, 0.717) is 15.6 Å². The fraction of sp³-hybridized carbons (Fsp3) is 0.440. The van der Waals surface area contributed by atoms with E-state index in [0.717, 1.165) is 42.7 Å². The lowest BCUT2D eigenvalue weighted by molar-refractivity contribution is -0.139. The first-order valence-electron chi connectivity index (χ1n) is 11.8. The maximum Gasteiger partial charge on any atom is 0.244 e. The van der Waals surface area contributed by atoms with Crippen molar-refractivity contribution in [2.24, 2.45) is 0 Å². The number of hydrogen-bond acceptors (Lipinski definition) is 4. The van der Waals surface area contributed by atoms with Crippen molar-refractivity contribution in [3.05, 3.63) is 62.1 Å². The summed E-state index contributed by atoms with van der Waals surface area (Å²) in [5.74, 6) is -0.973. The first-order valence-corrected chi connectivity index (χ1v) is 15.2. The molecule has 1 fully saturated rings. The Kier molecular flexibility index (Phi) is 10.4. The average molecular weight is 609 g/mol. The van der Waals surface area contributed by atoms with Crippen LogP contribution in [0.25, 0.3) is 0 Å². The molecule has 0 bridgehead atoms. The minimum Gasteiger partial charge on any atom is -0.352 e. The van der Waals surface area contributed by atoms with Gasteiger partial charge in [-0.15, -0.1) is 0 Å². The first-order chi connectivity index (χ1) is 17.4. The number of nitrogens with one attached hydrogen (secondary N) is 1. The highest BCUT2D eigenvalue weighted by molar-refractivity contribution is 7.92. The van der Waals surface area contributed by atoms with Crippen LogP contribution in [0.5, 0.6) is 0 Å². The van der Waals surface area contributed by atoms with E-state index < -0.39 is 28.5 Å². The van der Waals surface area contributed by atoms with E-state index in [9.17, 15) is 18.0 Å². The fourth-order valence-corrected chi connectivity index (χ4v) is 6.10. The predicted octanol–water partition coefficient (Wildman–Crippen LogP) is 5.93. The molecule has 1 aliphatic carbocycles. The van der Waals surface area contributed by atoms with Crippen molar-refractivity contribution in [2.45, 2.75) is 57.7 Å². The van der Waals surface area contributed by atoms with E-state index in [-0.39, 0.29) is 34.2 Å². The Morgan fingerprint density at radius 3 is 2.14 bits per heavy atom. The van der Waals surface area contributed by atoms with E-state index >= 15 is 0 Å². The van der Waals surface area contributed by atoms with E-state index in [4.69, 9.17) is 46.4 Å². The Bertz CT molecular complexity index is 1230. The van der Waals surface area contributed by atoms with Crippen LogP contribution in [-0.2, 0) is 26.2 Å². The number of nitrogens with zero attached hydrogens (tertiary/aromatic N) is 2. The zero-order valence-electron chi connectivity index (χ0n) is 20.5. The molecule has 3 rings (SSSR count). The third kappa shape index (κ3) is 7.67. The van der Waals surface area contributed by atoms with Crippen LogP contribution in [-0.4, -0.2) is 50.0 Å². The number of halogens is 4. The molecule has 1 aliphatic rings. The maximum atomic E-state index is 13.7. The summed E-state index contributed by atoms with van der Waals surface area (Å²) in [6, 6.07) is 8.54. The number of rotatable bonds is 9. The van der Waals surface area contributed by atoms with Crippen LogP contribution in [0.1, 0.15) is 44.6 Å². The molecule has 202 valence electrons. The molecule has 0 aliphatic heterocycles. The van der Waals surface area contributed by atoms with Crippen molar-refractivity contribution in [1.29, 1.82) is 0 Å². The highest BCUT2D eigenvalue weighted by Crippen LogP contribution is 2.34. The molecule has 0 spiro atoms. The minimum atomic E-state index is -3.95. The number of carbonyl (C=O) groups is 2. The van der Waals surface area contributed by atoms with Gasteiger partial charge in [0.15, 0.2) is 0 Å². The number of amides is 2. The SMILES string of the molecule is C[C@H](C(=O)NC1CCCCC1)N(Cc1c(Cl)cccc1Cl)C(=O)CN(c1cccc(Cl)c1Cl)S(C)(=O)=O. The standard InChI is InChI=1S/C25H29Cl4N3O4S/c1-16(25(34)30-17-8-4-3-5-9-17)31(14-18-19(26)10-6-11-20(18)27)23(33)15-32(37(2,35)36)22-13-7-12-21(28)24(22)29/h6-7,10-13,16-17H,3-5,8-9,14-15H2,1-2H3,(H,30,34)/t16-/m1/s1. The lowest BCUT2D eigenvalue weighted by Gasteiger charge is -2.33. The molecule has 0 unspecified atom stereocenters. The van der Waals surface area contributed by atoms with E-state index in [1.54, 1.807) is 25.1 Å². The molecular weight excluding hydrogens is 580 g/mol. The average Bonchev–Trinajstić information content (AvgIpc) is 2.84. The smallest absolute Gasteiger partial charge is 0.244 e. The molecule has 1 atom stereocenters. The summed E-state index contributed by atoms with van der Waals surface area (Å²) in [7, 11) is -3.95. The van der Waals surface area contributed by atoms with Gasteiger partial charge < -0.3 is 10.2 Å². The summed E-state index contributed by atoms with van der Waals surface area (Å²) in [6.45, 7) is 0.886. The van der Waals surface area contributed by atoms with Crippen molar-refractivity contribution < 1.29 is 18.0 Å². The largest absolute Gasteiger partial charge is 0.352 e. The summed E-state index contributed by atoms with van der Waals surface area (Å²) in [6.07, 6.45) is 5.90. The summed E-state index contributed by atoms with van der Waals surface area (Å²) in [5, 5.41) is 3.81. The number of benzene rings is 2. The minimum absolute atomic E-state index is 0.00817. The van der Waals surface area contributed by atoms with Gasteiger partial charge in [-0.3, -0.25) is 13.9 Å². The van der Waals surface area contributed by atoms with Crippen LogP contribution in [0, 0.1) is 0 Å². The second-order valence-corrected chi connectivity index (χ2v) is 12.6. The highest BCUT2D eigenvalue weighted by atomic mass is 35.5. The Morgan fingerprint density at radius 2 is 1.54 bits per heavy atom. The van der Waals surface area contributed by atoms with Gasteiger partial charge in [0.2, 0.25) is 21.8 Å². The summed E-state index contributed by atoms with van der Waals surface area (Å²) in [4.78, 5) is 28.2. The molecule has 1 N–H and O–H groups in total. The maximum absolute atomic E-state index is 13.7. The molecule has 37 heavy (non-hydrogen) atoms. The second-order valence-electron chi connectivity index (χ2n) is 9.08. The van der Waals surface area contributed by atoms with E-state index in [2.05, 4.69) is 5.32 Å². The van der Waals surface area contributed by atoms with Crippen molar-refractivity contribution in [2.75, 3.05) is 17.1 Å². The van der Waals surface area contributed by atoms with E-state index in [1.807, 2.05) is 0 Å². The molecule has 0 heterocycles. The Balaban J connectivity index is 1.95. The van der Waals surface area contributed by atoms with Gasteiger partial charge in [-0.25, -0.2) is 8.42 Å². The topological polar surface area (TPSA) is 86.8 Å². The third-order valence-corrected chi connectivity index (χ3v) is 9.03. The van der Waals surface area contributed by atoms with Gasteiger partial charge in [-0.05, 0) is 44.0 Å². The molecule has 0 saturated heterocycles. The van der Waals surface area contributed by atoms with Gasteiger partial charge in [0.25, 0.3) is 0 Å². The molecular formula is C25H29Cl4N3O4S. The van der Waals surface area contributed by atoms with Crippen LogP contribution < -0.4 is 9.62 Å². The lowest BCUT2D eigenvalue weighted by Crippen LogP contribution is -2.53. The first kappa shape index (κ1) is 29.8. The molecule has 12 heteroatoms. The van der Waals surface area contributed by atoms with Crippen LogP contribution in [0.15, 0.2) is 36.4 Å². The van der Waals surface area contributed by atoms with Crippen molar-refractivity contribution >= 4 is 73.9 Å². The fourth-order valence-electron chi connectivity index (χ4n) is 4.28. The van der Waals surface area contributed by atoms with Gasteiger partial charge in [0, 0.05) is 28.2 Å². The number of hydrogen-bond donors (Lipinski definition) is 1. The van der Waals surface area contributed by atoms with Gasteiger partial charge in [-0.1, -0.05) is 77.8 Å². The highest BCUT2D eigenvalue weighted by Gasteiger charge is 2.32. The summed E-state index contributed by atoms with van der Waals surface area (Å²) < 4.78 is 26.3. The van der Waals surface area contributed by atoms with E-state index in [1.165, 1.54) is 23.1 Å². The van der Waals surface area contributed by atoms with Gasteiger partial charge in [-0.2, -0.15) is 0 Å².